The molecule has 0 saturated heterocycles. The molecule has 6 nitrogen and oxygen atoms in total. The second-order valence-electron chi connectivity index (χ2n) is 7.49. The van der Waals surface area contributed by atoms with Gasteiger partial charge in [-0.15, -0.1) is 0 Å². The number of nitrogens with one attached hydrogen (secondary N) is 1. The molecule has 6 heteroatoms. The Morgan fingerprint density at radius 2 is 1.83 bits per heavy atom. The highest BCUT2D eigenvalue weighted by Gasteiger charge is 2.19. The molecule has 0 saturated carbocycles. The monoisotopic (exact) mass is 404 g/mol. The van der Waals surface area contributed by atoms with Crippen molar-refractivity contribution in [3.63, 3.8) is 0 Å². The standard InChI is InChI=1S/C24H28N4O2/c1-4-17-5-7-18(8-6-17)15-28-12-11-21-19(16-28)14-25-24(26-21)27-22-13-20(29-2)9-10-23(22)30-3/h5-10,13-14H,4,11-12,15-16H2,1-3H3,(H,25,26,27). The predicted octanol–water partition coefficient (Wildman–Crippen LogP) is 4.36. The molecule has 156 valence electrons. The van der Waals surface area contributed by atoms with Gasteiger partial charge in [0.05, 0.1) is 25.6 Å². The number of fused-ring (bicyclic) bond motifs is 1. The minimum Gasteiger partial charge on any atom is -0.497 e. The molecular formula is C24H28N4O2. The average molecular weight is 405 g/mol. The molecule has 2 heterocycles. The number of ether oxygens (including phenoxy) is 2. The van der Waals surface area contributed by atoms with Gasteiger partial charge in [0.1, 0.15) is 11.5 Å². The third kappa shape index (κ3) is 4.54. The van der Waals surface area contributed by atoms with Crippen LogP contribution in [0, 0.1) is 0 Å². The zero-order valence-corrected chi connectivity index (χ0v) is 17.8. The summed E-state index contributed by atoms with van der Waals surface area (Å²) in [5.41, 5.74) is 5.80. The highest BCUT2D eigenvalue weighted by Crippen LogP contribution is 2.31. The van der Waals surface area contributed by atoms with E-state index in [1.165, 1.54) is 16.7 Å². The van der Waals surface area contributed by atoms with Crippen LogP contribution in [0.15, 0.2) is 48.7 Å². The summed E-state index contributed by atoms with van der Waals surface area (Å²) in [4.78, 5) is 11.7. The van der Waals surface area contributed by atoms with Gasteiger partial charge in [-0.1, -0.05) is 31.2 Å². The molecule has 4 rings (SSSR count). The molecular weight excluding hydrogens is 376 g/mol. The van der Waals surface area contributed by atoms with E-state index in [2.05, 4.69) is 46.4 Å². The Kier molecular flexibility index (Phi) is 6.14. The molecule has 1 N–H and O–H groups in total. The van der Waals surface area contributed by atoms with Crippen LogP contribution < -0.4 is 14.8 Å². The van der Waals surface area contributed by atoms with Crippen LogP contribution in [0.2, 0.25) is 0 Å². The minimum absolute atomic E-state index is 0.573. The molecule has 1 aromatic heterocycles. The van der Waals surface area contributed by atoms with Crippen LogP contribution in [-0.4, -0.2) is 35.6 Å². The number of nitrogens with zero attached hydrogens (tertiary/aromatic N) is 3. The Bertz CT molecular complexity index is 1000. The number of aromatic nitrogens is 2. The molecule has 0 spiro atoms. The number of benzene rings is 2. The fourth-order valence-electron chi connectivity index (χ4n) is 3.74. The number of hydrogen-bond acceptors (Lipinski definition) is 6. The van der Waals surface area contributed by atoms with Gasteiger partial charge in [0.2, 0.25) is 5.95 Å². The van der Waals surface area contributed by atoms with E-state index in [1.54, 1.807) is 14.2 Å². The molecule has 0 atom stereocenters. The van der Waals surface area contributed by atoms with Crippen molar-refractivity contribution in [2.45, 2.75) is 32.9 Å². The van der Waals surface area contributed by atoms with Gasteiger partial charge in [-0.25, -0.2) is 9.97 Å². The normalized spacial score (nSPS) is 13.6. The molecule has 0 radical (unpaired) electrons. The molecule has 0 amide bonds. The summed E-state index contributed by atoms with van der Waals surface area (Å²) in [6, 6.07) is 14.5. The van der Waals surface area contributed by atoms with Gasteiger partial charge in [-0.2, -0.15) is 0 Å². The molecule has 0 bridgehead atoms. The summed E-state index contributed by atoms with van der Waals surface area (Å²) < 4.78 is 10.7. The van der Waals surface area contributed by atoms with E-state index >= 15 is 0 Å². The Morgan fingerprint density at radius 1 is 1.03 bits per heavy atom. The van der Waals surface area contributed by atoms with Crippen LogP contribution in [0.3, 0.4) is 0 Å². The van der Waals surface area contributed by atoms with E-state index in [4.69, 9.17) is 14.5 Å². The molecule has 1 aliphatic rings. The van der Waals surface area contributed by atoms with E-state index in [9.17, 15) is 0 Å². The first-order valence-electron chi connectivity index (χ1n) is 10.3. The summed E-state index contributed by atoms with van der Waals surface area (Å²) in [7, 11) is 3.29. The fourth-order valence-corrected chi connectivity index (χ4v) is 3.74. The Balaban J connectivity index is 1.45. The van der Waals surface area contributed by atoms with E-state index < -0.39 is 0 Å². The zero-order valence-electron chi connectivity index (χ0n) is 17.8. The highest BCUT2D eigenvalue weighted by molar-refractivity contribution is 5.65. The number of methoxy groups -OCH3 is 2. The summed E-state index contributed by atoms with van der Waals surface area (Å²) in [5.74, 6) is 2.04. The maximum absolute atomic E-state index is 5.43. The summed E-state index contributed by atoms with van der Waals surface area (Å²) in [5, 5.41) is 3.27. The highest BCUT2D eigenvalue weighted by atomic mass is 16.5. The lowest BCUT2D eigenvalue weighted by molar-refractivity contribution is 0.243. The first-order valence-corrected chi connectivity index (χ1v) is 10.3. The SMILES string of the molecule is CCc1ccc(CN2CCc3nc(Nc4cc(OC)ccc4OC)ncc3C2)cc1. The van der Waals surface area contributed by atoms with Crippen LogP contribution in [0.1, 0.15) is 29.3 Å². The number of anilines is 2. The van der Waals surface area contributed by atoms with Crippen LogP contribution in [0.5, 0.6) is 11.5 Å². The molecule has 3 aromatic rings. The third-order valence-corrected chi connectivity index (χ3v) is 5.50. The van der Waals surface area contributed by atoms with Crippen molar-refractivity contribution >= 4 is 11.6 Å². The summed E-state index contributed by atoms with van der Waals surface area (Å²) in [6.07, 6.45) is 3.92. The summed E-state index contributed by atoms with van der Waals surface area (Å²) in [6.45, 7) is 4.99. The van der Waals surface area contributed by atoms with E-state index in [1.807, 2.05) is 24.4 Å². The fraction of sp³-hybridized carbons (Fsp3) is 0.333. The Hall–Kier alpha value is -3.12. The lowest BCUT2D eigenvalue weighted by Crippen LogP contribution is -2.31. The van der Waals surface area contributed by atoms with Crippen LogP contribution in [0.25, 0.3) is 0 Å². The van der Waals surface area contributed by atoms with Crippen LogP contribution in [0.4, 0.5) is 11.6 Å². The lowest BCUT2D eigenvalue weighted by atomic mass is 10.1. The number of hydrogen-bond donors (Lipinski definition) is 1. The topological polar surface area (TPSA) is 59.5 Å². The third-order valence-electron chi connectivity index (χ3n) is 5.50. The molecule has 2 aromatic carbocycles. The quantitative estimate of drug-likeness (QED) is 0.631. The predicted molar refractivity (Wildman–Crippen MR) is 118 cm³/mol. The van der Waals surface area contributed by atoms with Crippen LogP contribution >= 0.6 is 0 Å². The van der Waals surface area contributed by atoms with Crippen molar-refractivity contribution in [1.29, 1.82) is 0 Å². The van der Waals surface area contributed by atoms with Gasteiger partial charge in [-0.05, 0) is 29.7 Å². The lowest BCUT2D eigenvalue weighted by Gasteiger charge is -2.28. The first-order chi connectivity index (χ1) is 14.7. The Labute approximate surface area is 177 Å². The second-order valence-corrected chi connectivity index (χ2v) is 7.49. The molecule has 0 unspecified atom stereocenters. The smallest absolute Gasteiger partial charge is 0.227 e. The molecule has 1 aliphatic heterocycles. The minimum atomic E-state index is 0.573. The molecule has 0 fully saturated rings. The van der Waals surface area contributed by atoms with Gasteiger partial charge < -0.3 is 14.8 Å². The van der Waals surface area contributed by atoms with Crippen LogP contribution in [-0.2, 0) is 25.9 Å². The molecule has 0 aliphatic carbocycles. The van der Waals surface area contributed by atoms with Crippen molar-refractivity contribution in [2.24, 2.45) is 0 Å². The first kappa shape index (κ1) is 20.2. The van der Waals surface area contributed by atoms with Gasteiger partial charge in [0.15, 0.2) is 0 Å². The zero-order chi connectivity index (χ0) is 20.9. The van der Waals surface area contributed by atoms with Crippen molar-refractivity contribution in [3.8, 4) is 11.5 Å². The van der Waals surface area contributed by atoms with Crippen molar-refractivity contribution < 1.29 is 9.47 Å². The van der Waals surface area contributed by atoms with Crippen molar-refractivity contribution in [2.75, 3.05) is 26.1 Å². The van der Waals surface area contributed by atoms with Crippen molar-refractivity contribution in [1.82, 2.24) is 14.9 Å². The van der Waals surface area contributed by atoms with Gasteiger partial charge in [0.25, 0.3) is 0 Å². The maximum atomic E-state index is 5.43. The van der Waals surface area contributed by atoms with Gasteiger partial charge in [-0.3, -0.25) is 4.90 Å². The maximum Gasteiger partial charge on any atom is 0.227 e. The Morgan fingerprint density at radius 3 is 2.57 bits per heavy atom. The van der Waals surface area contributed by atoms with Gasteiger partial charge >= 0.3 is 0 Å². The molecule has 30 heavy (non-hydrogen) atoms. The van der Waals surface area contributed by atoms with E-state index in [0.717, 1.165) is 55.4 Å². The number of rotatable bonds is 7. The summed E-state index contributed by atoms with van der Waals surface area (Å²) >= 11 is 0. The average Bonchev–Trinajstić information content (AvgIpc) is 2.79. The van der Waals surface area contributed by atoms with Crippen molar-refractivity contribution in [3.05, 3.63) is 71.0 Å². The van der Waals surface area contributed by atoms with E-state index in [-0.39, 0.29) is 0 Å². The largest absolute Gasteiger partial charge is 0.497 e. The van der Waals surface area contributed by atoms with Gasteiger partial charge in [0, 0.05) is 43.9 Å². The second kappa shape index (κ2) is 9.13. The number of aryl methyl sites for hydroxylation is 1. The van der Waals surface area contributed by atoms with E-state index in [0.29, 0.717) is 5.95 Å².